The highest BCUT2D eigenvalue weighted by atomic mass is 79.9. The Balaban J connectivity index is 0. The molecule has 0 bridgehead atoms. The van der Waals surface area contributed by atoms with Crippen LogP contribution in [0.25, 0.3) is 0 Å². The van der Waals surface area contributed by atoms with Crippen molar-refractivity contribution in [2.75, 3.05) is 20.6 Å². The molecule has 0 radical (unpaired) electrons. The van der Waals surface area contributed by atoms with Crippen LogP contribution in [-0.2, 0) is 0 Å². The van der Waals surface area contributed by atoms with Gasteiger partial charge < -0.3 is 21.5 Å². The van der Waals surface area contributed by atoms with Crippen molar-refractivity contribution in [2.45, 2.75) is 207 Å². The molecule has 0 rings (SSSR count). The molecule has 0 atom stereocenters. The number of quaternary nitrogens is 1. The molecule has 0 unspecified atom stereocenters. The van der Waals surface area contributed by atoms with E-state index in [4.69, 9.17) is 0 Å². The number of rotatable bonds is 29. The van der Waals surface area contributed by atoms with Gasteiger partial charge >= 0.3 is 0 Å². The number of hydrogen-bond acceptors (Lipinski definition) is 0. The minimum atomic E-state index is 0. The molecule has 0 aromatic rings. The normalized spacial score (nSPS) is 12.2. The summed E-state index contributed by atoms with van der Waals surface area (Å²) >= 11 is 0. The van der Waals surface area contributed by atoms with E-state index in [1.54, 1.807) is 0 Å². The Kier molecular flexibility index (Phi) is 29.9. The van der Waals surface area contributed by atoms with E-state index in [1.807, 2.05) is 0 Å². The zero-order valence-corrected chi connectivity index (χ0v) is 28.7. The molecule has 0 fully saturated rings. The zero-order chi connectivity index (χ0) is 26.8. The second-order valence-electron chi connectivity index (χ2n) is 13.0. The summed E-state index contributed by atoms with van der Waals surface area (Å²) < 4.78 is 1.29. The summed E-state index contributed by atoms with van der Waals surface area (Å²) in [6.07, 6.45) is 38.9. The SMILES string of the molecule is CCCCCCCCC(CCCCCCCC)(CCCCCCCC)[N+](C)(C)CCCCCCCC.[Br-]. The van der Waals surface area contributed by atoms with Crippen LogP contribution in [0.1, 0.15) is 201 Å². The van der Waals surface area contributed by atoms with Crippen LogP contribution in [-0.4, -0.2) is 30.7 Å². The monoisotopic (exact) mass is 588 g/mol. The number of hydrogen-bond donors (Lipinski definition) is 0. The maximum Gasteiger partial charge on any atom is 0.0988 e. The standard InChI is InChI=1S/C35H74N.BrH/c1-7-11-15-19-23-27-31-35(32-28-24-20-16-12-8-2,33-29-25-21-17-13-9-3)36(5,6)34-30-26-22-18-14-10-4;/h7-34H2,1-6H3;1H/q+1;/p-1. The maximum absolute atomic E-state index is 2.64. The van der Waals surface area contributed by atoms with Crippen LogP contribution in [0.5, 0.6) is 0 Å². The van der Waals surface area contributed by atoms with Crippen LogP contribution in [0.15, 0.2) is 0 Å². The average Bonchev–Trinajstić information content (AvgIpc) is 2.87. The Hall–Kier alpha value is 0.440. The topological polar surface area (TPSA) is 0 Å². The van der Waals surface area contributed by atoms with Gasteiger partial charge in [0.1, 0.15) is 0 Å². The molecule has 1 nitrogen and oxygen atoms in total. The summed E-state index contributed by atoms with van der Waals surface area (Å²) in [5, 5.41) is 0. The van der Waals surface area contributed by atoms with Gasteiger partial charge in [0, 0.05) is 19.3 Å². The van der Waals surface area contributed by atoms with E-state index < -0.39 is 0 Å². The minimum Gasteiger partial charge on any atom is -1.00 e. The van der Waals surface area contributed by atoms with Gasteiger partial charge in [-0.05, 0) is 32.1 Å². The van der Waals surface area contributed by atoms with Gasteiger partial charge in [0.05, 0.1) is 26.2 Å². The first-order valence-corrected chi connectivity index (χ1v) is 17.3. The van der Waals surface area contributed by atoms with Crippen molar-refractivity contribution in [1.29, 1.82) is 0 Å². The van der Waals surface area contributed by atoms with E-state index in [0.717, 1.165) is 0 Å². The lowest BCUT2D eigenvalue weighted by molar-refractivity contribution is -0.944. The van der Waals surface area contributed by atoms with Gasteiger partial charge in [0.25, 0.3) is 0 Å². The van der Waals surface area contributed by atoms with Crippen LogP contribution in [0.3, 0.4) is 0 Å². The lowest BCUT2D eigenvalue weighted by atomic mass is 9.78. The third-order valence-corrected chi connectivity index (χ3v) is 9.34. The van der Waals surface area contributed by atoms with E-state index in [1.165, 1.54) is 184 Å². The van der Waals surface area contributed by atoms with Crippen LogP contribution < -0.4 is 17.0 Å². The van der Waals surface area contributed by atoms with Crippen LogP contribution in [0.4, 0.5) is 0 Å². The molecule has 0 aliphatic rings. The molecule has 0 aromatic heterocycles. The van der Waals surface area contributed by atoms with Gasteiger partial charge in [0.2, 0.25) is 0 Å². The molecule has 0 aliphatic carbocycles. The van der Waals surface area contributed by atoms with Crippen molar-refractivity contribution in [3.05, 3.63) is 0 Å². The maximum atomic E-state index is 2.64. The number of nitrogens with zero attached hydrogens (tertiary/aromatic N) is 1. The van der Waals surface area contributed by atoms with Crippen molar-refractivity contribution < 1.29 is 21.5 Å². The van der Waals surface area contributed by atoms with Gasteiger partial charge in [-0.15, -0.1) is 0 Å². The highest BCUT2D eigenvalue weighted by Crippen LogP contribution is 2.38. The molecule has 0 heterocycles. The molecule has 0 aromatic carbocycles. The molecule has 0 aliphatic heterocycles. The molecule has 0 amide bonds. The molecule has 0 saturated carbocycles. The van der Waals surface area contributed by atoms with E-state index in [0.29, 0.717) is 5.54 Å². The summed E-state index contributed by atoms with van der Waals surface area (Å²) in [6.45, 7) is 10.8. The molecule has 2 heteroatoms. The molecule has 0 N–H and O–H groups in total. The van der Waals surface area contributed by atoms with Crippen molar-refractivity contribution >= 4 is 0 Å². The summed E-state index contributed by atoms with van der Waals surface area (Å²) in [5.74, 6) is 0. The quantitative estimate of drug-likeness (QED) is 0.0603. The van der Waals surface area contributed by atoms with E-state index in [9.17, 15) is 0 Å². The molecule has 226 valence electrons. The van der Waals surface area contributed by atoms with E-state index in [2.05, 4.69) is 41.8 Å². The van der Waals surface area contributed by atoms with Crippen molar-refractivity contribution in [1.82, 2.24) is 0 Å². The predicted molar refractivity (Wildman–Crippen MR) is 167 cm³/mol. The fraction of sp³-hybridized carbons (Fsp3) is 1.00. The molecular formula is C35H74BrN. The predicted octanol–water partition coefficient (Wildman–Crippen LogP) is 9.42. The summed E-state index contributed by atoms with van der Waals surface area (Å²) in [6, 6.07) is 0. The van der Waals surface area contributed by atoms with Gasteiger partial charge in [-0.2, -0.15) is 0 Å². The Labute approximate surface area is 248 Å². The Morgan fingerprint density at radius 3 is 0.892 bits per heavy atom. The Morgan fingerprint density at radius 1 is 0.351 bits per heavy atom. The second-order valence-corrected chi connectivity index (χ2v) is 13.0. The zero-order valence-electron chi connectivity index (χ0n) is 27.1. The fourth-order valence-electron chi connectivity index (χ4n) is 6.51. The highest BCUT2D eigenvalue weighted by molar-refractivity contribution is 4.82. The highest BCUT2D eigenvalue weighted by Gasteiger charge is 2.43. The third kappa shape index (κ3) is 20.9. The second kappa shape index (κ2) is 28.0. The first-order valence-electron chi connectivity index (χ1n) is 17.3. The number of unbranched alkanes of at least 4 members (excludes halogenated alkanes) is 20. The fourth-order valence-corrected chi connectivity index (χ4v) is 6.51. The Morgan fingerprint density at radius 2 is 0.595 bits per heavy atom. The van der Waals surface area contributed by atoms with Crippen LogP contribution in [0, 0.1) is 0 Å². The van der Waals surface area contributed by atoms with Crippen molar-refractivity contribution in [3.8, 4) is 0 Å². The van der Waals surface area contributed by atoms with E-state index in [-0.39, 0.29) is 17.0 Å². The van der Waals surface area contributed by atoms with E-state index >= 15 is 0 Å². The average molecular weight is 589 g/mol. The van der Waals surface area contributed by atoms with Gasteiger partial charge in [-0.1, -0.05) is 150 Å². The van der Waals surface area contributed by atoms with Gasteiger partial charge in [0.15, 0.2) is 0 Å². The molecule has 0 saturated heterocycles. The lowest BCUT2D eigenvalue weighted by Crippen LogP contribution is -3.00. The molecule has 37 heavy (non-hydrogen) atoms. The molecular weight excluding hydrogens is 514 g/mol. The minimum absolute atomic E-state index is 0. The first kappa shape index (κ1) is 39.6. The van der Waals surface area contributed by atoms with Crippen molar-refractivity contribution in [3.63, 3.8) is 0 Å². The Bertz CT molecular complexity index is 392. The summed E-state index contributed by atoms with van der Waals surface area (Å²) in [4.78, 5) is 0. The van der Waals surface area contributed by atoms with Crippen LogP contribution >= 0.6 is 0 Å². The van der Waals surface area contributed by atoms with Gasteiger partial charge in [-0.25, -0.2) is 0 Å². The number of halogens is 1. The smallest absolute Gasteiger partial charge is 0.0988 e. The first-order chi connectivity index (χ1) is 17.5. The third-order valence-electron chi connectivity index (χ3n) is 9.34. The van der Waals surface area contributed by atoms with Gasteiger partial charge in [-0.3, -0.25) is 0 Å². The largest absolute Gasteiger partial charge is 1.00 e. The van der Waals surface area contributed by atoms with Crippen molar-refractivity contribution in [2.24, 2.45) is 0 Å². The molecule has 0 spiro atoms. The van der Waals surface area contributed by atoms with Crippen LogP contribution in [0.2, 0.25) is 0 Å². The summed E-state index contributed by atoms with van der Waals surface area (Å²) in [5.41, 5.74) is 0.518. The summed E-state index contributed by atoms with van der Waals surface area (Å²) in [7, 11) is 5.27. The lowest BCUT2D eigenvalue weighted by Gasteiger charge is -2.50.